The van der Waals surface area contributed by atoms with Crippen LogP contribution in [0.1, 0.15) is 86.1 Å². The summed E-state index contributed by atoms with van der Waals surface area (Å²) in [5.41, 5.74) is 0.785. The molecule has 1 fully saturated rings. The molecule has 7 unspecified atom stereocenters. The second-order valence-corrected chi connectivity index (χ2v) is 14.8. The average molecular weight is 748 g/mol. The summed E-state index contributed by atoms with van der Waals surface area (Å²) in [6, 6.07) is 6.73. The lowest BCUT2D eigenvalue weighted by molar-refractivity contribution is -0.147. The topological polar surface area (TPSA) is 158 Å². The van der Waals surface area contributed by atoms with E-state index in [0.717, 1.165) is 12.0 Å². The Hall–Kier alpha value is -3.55. The van der Waals surface area contributed by atoms with Crippen LogP contribution in [0.25, 0.3) is 0 Å². The molecule has 0 radical (unpaired) electrons. The van der Waals surface area contributed by atoms with Gasteiger partial charge in [0.25, 0.3) is 0 Å². The van der Waals surface area contributed by atoms with Gasteiger partial charge >= 0.3 is 5.97 Å². The van der Waals surface area contributed by atoms with Crippen LogP contribution in [0.2, 0.25) is 0 Å². The summed E-state index contributed by atoms with van der Waals surface area (Å²) in [4.78, 5) is 70.9. The highest BCUT2D eigenvalue weighted by atomic mass is 16.5. The molecule has 4 amide bonds. The Labute approximate surface area is 318 Å². The zero-order valence-electron chi connectivity index (χ0n) is 34.4. The summed E-state index contributed by atoms with van der Waals surface area (Å²) in [7, 11) is 8.35. The van der Waals surface area contributed by atoms with Crippen LogP contribution in [-0.2, 0) is 39.9 Å². The summed E-state index contributed by atoms with van der Waals surface area (Å²) >= 11 is 0. The van der Waals surface area contributed by atoms with Crippen molar-refractivity contribution >= 4 is 29.6 Å². The summed E-state index contributed by atoms with van der Waals surface area (Å²) in [5.74, 6) is -3.02. The molecule has 0 saturated carbocycles. The molecule has 1 aromatic rings. The van der Waals surface area contributed by atoms with Crippen molar-refractivity contribution in [2.45, 2.75) is 123 Å². The van der Waals surface area contributed by atoms with Crippen molar-refractivity contribution in [2.75, 3.05) is 48.5 Å². The number of amides is 4. The molecule has 1 saturated heterocycles. The zero-order valence-corrected chi connectivity index (χ0v) is 34.4. The Bertz CT molecular complexity index is 1270. The summed E-state index contributed by atoms with van der Waals surface area (Å²) < 4.78 is 11.7. The van der Waals surface area contributed by atoms with Crippen LogP contribution in [-0.4, -0.2) is 134 Å². The molecule has 0 aromatic heterocycles. The lowest BCUT2D eigenvalue weighted by Gasteiger charge is -2.39. The maximum atomic E-state index is 14.0. The number of carbonyl (C=O) groups excluding carboxylic acids is 4. The molecular formula is C40H69N5O8. The predicted molar refractivity (Wildman–Crippen MR) is 207 cm³/mol. The Balaban J connectivity index is 0.00000452. The van der Waals surface area contributed by atoms with Gasteiger partial charge in [-0.15, -0.1) is 0 Å². The molecule has 13 heteroatoms. The number of carboxylic acid groups (broad SMARTS) is 1. The number of carbonyl (C=O) groups is 5. The van der Waals surface area contributed by atoms with E-state index >= 15 is 0 Å². The number of carboxylic acids is 1. The van der Waals surface area contributed by atoms with E-state index in [1.54, 1.807) is 23.8 Å². The Morgan fingerprint density at radius 3 is 2.04 bits per heavy atom. The molecule has 0 spiro atoms. The fourth-order valence-corrected chi connectivity index (χ4v) is 7.20. The monoisotopic (exact) mass is 748 g/mol. The number of rotatable bonds is 20. The molecule has 3 N–H and O–H groups in total. The van der Waals surface area contributed by atoms with Gasteiger partial charge in [0.15, 0.2) is 0 Å². The van der Waals surface area contributed by atoms with E-state index in [1.807, 2.05) is 77.0 Å². The average Bonchev–Trinajstić information content (AvgIpc) is 3.60. The summed E-state index contributed by atoms with van der Waals surface area (Å²) in [5, 5.41) is 15.3. The smallest absolute Gasteiger partial charge is 0.326 e. The molecule has 53 heavy (non-hydrogen) atoms. The molecule has 302 valence electrons. The van der Waals surface area contributed by atoms with E-state index in [1.165, 1.54) is 20.6 Å². The first kappa shape index (κ1) is 47.5. The van der Waals surface area contributed by atoms with Crippen molar-refractivity contribution in [1.29, 1.82) is 0 Å². The van der Waals surface area contributed by atoms with Crippen LogP contribution < -0.4 is 10.6 Å². The van der Waals surface area contributed by atoms with Crippen molar-refractivity contribution in [1.82, 2.24) is 25.3 Å². The number of nitrogens with zero attached hydrogens (tertiary/aromatic N) is 3. The molecule has 0 bridgehead atoms. The number of benzene rings is 1. The Morgan fingerprint density at radius 1 is 0.943 bits per heavy atom. The minimum absolute atomic E-state index is 0.00276. The first-order valence-electron chi connectivity index (χ1n) is 19.1. The Kier molecular flexibility index (Phi) is 21.5. The molecule has 1 aliphatic heterocycles. The number of nitrogens with one attached hydrogen (secondary N) is 2. The third-order valence-electron chi connectivity index (χ3n) is 10.1. The molecule has 2 rings (SSSR count). The van der Waals surface area contributed by atoms with Crippen molar-refractivity contribution in [3.05, 3.63) is 35.9 Å². The van der Waals surface area contributed by atoms with Gasteiger partial charge in [0.1, 0.15) is 6.04 Å². The van der Waals surface area contributed by atoms with Gasteiger partial charge < -0.3 is 35.0 Å². The van der Waals surface area contributed by atoms with Crippen molar-refractivity contribution < 1.29 is 38.6 Å². The largest absolute Gasteiger partial charge is 0.480 e. The third kappa shape index (κ3) is 14.3. The lowest BCUT2D eigenvalue weighted by Crippen LogP contribution is -2.55. The van der Waals surface area contributed by atoms with Crippen LogP contribution in [0.3, 0.4) is 0 Å². The molecule has 0 aliphatic carbocycles. The number of ether oxygens (including phenoxy) is 2. The van der Waals surface area contributed by atoms with Gasteiger partial charge in [0.05, 0.1) is 49.2 Å². The third-order valence-corrected chi connectivity index (χ3v) is 10.1. The van der Waals surface area contributed by atoms with Gasteiger partial charge in [-0.05, 0) is 44.3 Å². The van der Waals surface area contributed by atoms with Crippen LogP contribution in [0.5, 0.6) is 0 Å². The van der Waals surface area contributed by atoms with Gasteiger partial charge in [-0.25, -0.2) is 4.79 Å². The van der Waals surface area contributed by atoms with E-state index in [0.29, 0.717) is 19.4 Å². The van der Waals surface area contributed by atoms with E-state index in [2.05, 4.69) is 24.5 Å². The fraction of sp³-hybridized carbons (Fsp3) is 0.725. The van der Waals surface area contributed by atoms with E-state index in [4.69, 9.17) is 9.47 Å². The summed E-state index contributed by atoms with van der Waals surface area (Å²) in [6.45, 7) is 14.1. The van der Waals surface area contributed by atoms with Crippen molar-refractivity contribution in [3.8, 4) is 0 Å². The predicted octanol–water partition coefficient (Wildman–Crippen LogP) is 3.84. The van der Waals surface area contributed by atoms with Crippen molar-refractivity contribution in [3.63, 3.8) is 0 Å². The number of hydrogen-bond acceptors (Lipinski definition) is 8. The fourth-order valence-electron chi connectivity index (χ4n) is 7.20. The first-order chi connectivity index (χ1) is 25.0. The number of methoxy groups -OCH3 is 2. The van der Waals surface area contributed by atoms with E-state index in [9.17, 15) is 29.1 Å². The molecular weight excluding hydrogens is 678 g/mol. The molecule has 8 atom stereocenters. The van der Waals surface area contributed by atoms with Gasteiger partial charge in [-0.2, -0.15) is 0 Å². The zero-order chi connectivity index (χ0) is 40.4. The second kappa shape index (κ2) is 24.0. The highest BCUT2D eigenvalue weighted by molar-refractivity contribution is 5.88. The second-order valence-electron chi connectivity index (χ2n) is 14.8. The minimum atomic E-state index is -1.14. The Morgan fingerprint density at radius 2 is 1.55 bits per heavy atom. The number of aliphatic carboxylic acids is 1. The molecule has 1 aromatic carbocycles. The number of hydrogen-bond donors (Lipinski definition) is 3. The van der Waals surface area contributed by atoms with Gasteiger partial charge in [-0.3, -0.25) is 24.1 Å². The maximum Gasteiger partial charge on any atom is 0.326 e. The SMILES string of the molecule is CCC.CCC(C)C(C(CC(=O)N1CCC[C@H]1C(OC)C(C)C(=O)NC(Cc1ccccc1)C(=O)O)OC)N(C)C(=O)CNC(=O)C(C(C)C)N(C)C. The van der Waals surface area contributed by atoms with Crippen LogP contribution in [0.15, 0.2) is 30.3 Å². The van der Waals surface area contributed by atoms with Gasteiger partial charge in [0.2, 0.25) is 23.6 Å². The maximum absolute atomic E-state index is 14.0. The van der Waals surface area contributed by atoms with Gasteiger partial charge in [0, 0.05) is 34.2 Å². The van der Waals surface area contributed by atoms with E-state index in [-0.39, 0.29) is 55.0 Å². The molecule has 1 heterocycles. The highest BCUT2D eigenvalue weighted by Gasteiger charge is 2.42. The molecule has 13 nitrogen and oxygen atoms in total. The van der Waals surface area contributed by atoms with Crippen LogP contribution in [0, 0.1) is 17.8 Å². The van der Waals surface area contributed by atoms with Crippen LogP contribution >= 0.6 is 0 Å². The quantitative estimate of drug-likeness (QED) is 0.180. The normalized spacial score (nSPS) is 18.2. The summed E-state index contributed by atoms with van der Waals surface area (Å²) in [6.07, 6.45) is 2.12. The minimum Gasteiger partial charge on any atom is -0.480 e. The number of likely N-dealkylation sites (N-methyl/N-ethyl adjacent to an activating group) is 2. The van der Waals surface area contributed by atoms with E-state index < -0.39 is 48.1 Å². The lowest BCUT2D eigenvalue weighted by atomic mass is 9.90. The molecule has 1 aliphatic rings. The standard InChI is InChI=1S/C37H61N5O8.C3H8/c1-11-24(4)33(41(8)31(44)22-38-36(46)32(23(2)3)40(6)7)29(49-9)21-30(43)42-19-15-18-28(42)34(50-10)25(5)35(45)39-27(37(47)48)20-26-16-13-12-14-17-26;1-3-2/h12-14,16-17,23-25,27-29,32-34H,11,15,18-22H2,1-10H3,(H,38,46)(H,39,45)(H,47,48);3H2,1-2H3/t24?,25?,27?,28-,29?,32?,33?,34?;/m0./s1. The van der Waals surface area contributed by atoms with Gasteiger partial charge in [-0.1, -0.05) is 91.6 Å². The first-order valence-corrected chi connectivity index (χ1v) is 19.1. The number of likely N-dealkylation sites (tertiary alicyclic amines) is 1. The highest BCUT2D eigenvalue weighted by Crippen LogP contribution is 2.29. The van der Waals surface area contributed by atoms with Crippen molar-refractivity contribution in [2.24, 2.45) is 17.8 Å². The van der Waals surface area contributed by atoms with Crippen LogP contribution in [0.4, 0.5) is 0 Å².